The fourth-order valence-corrected chi connectivity index (χ4v) is 8.32. The molecule has 1 aromatic carbocycles. The van der Waals surface area contributed by atoms with Crippen LogP contribution in [0.3, 0.4) is 0 Å². The number of aliphatic imine (C=N–C) groups is 1. The monoisotopic (exact) mass is 546 g/mol. The first-order valence-electron chi connectivity index (χ1n) is 10.9. The fraction of sp³-hybridized carbons (Fsp3) is 0.304. The lowest BCUT2D eigenvalue weighted by atomic mass is 10.2. The molecule has 0 N–H and O–H groups in total. The van der Waals surface area contributed by atoms with Crippen LogP contribution in [0.4, 0.5) is 10.8 Å². The van der Waals surface area contributed by atoms with Crippen LogP contribution in [0.5, 0.6) is 5.75 Å². The Labute approximate surface area is 218 Å². The Balaban J connectivity index is 1.73. The van der Waals surface area contributed by atoms with Crippen molar-refractivity contribution in [2.75, 3.05) is 31.4 Å². The van der Waals surface area contributed by atoms with Crippen molar-refractivity contribution in [3.05, 3.63) is 55.4 Å². The minimum Gasteiger partial charge on any atom is -0.497 e. The topological polar surface area (TPSA) is 71.0 Å². The van der Waals surface area contributed by atoms with Crippen molar-refractivity contribution in [2.45, 2.75) is 13.5 Å². The van der Waals surface area contributed by atoms with Gasteiger partial charge < -0.3 is 9.64 Å². The number of carbonyl (C=O) groups excluding carboxylic acids is 1. The van der Waals surface area contributed by atoms with E-state index in [1.165, 1.54) is 34.4 Å². The van der Waals surface area contributed by atoms with E-state index in [1.807, 2.05) is 61.4 Å². The van der Waals surface area contributed by atoms with Crippen molar-refractivity contribution in [3.8, 4) is 5.75 Å². The highest BCUT2D eigenvalue weighted by Gasteiger charge is 2.40. The summed E-state index contributed by atoms with van der Waals surface area (Å²) >= 11 is 5.90. The summed E-state index contributed by atoms with van der Waals surface area (Å²) in [6, 6.07) is 7.33. The van der Waals surface area contributed by atoms with Gasteiger partial charge in [0.1, 0.15) is 26.0 Å². The van der Waals surface area contributed by atoms with E-state index in [0.29, 0.717) is 37.2 Å². The Morgan fingerprint density at radius 1 is 1.20 bits per heavy atom. The number of methoxy groups -OCH3 is 1. The number of benzene rings is 1. The summed E-state index contributed by atoms with van der Waals surface area (Å²) in [6.45, 7) is 3.33. The molecule has 1 amide bonds. The molecule has 8 nitrogen and oxygen atoms in total. The molecule has 2 aliphatic rings. The second-order valence-electron chi connectivity index (χ2n) is 7.82. The number of rotatable bonds is 4. The van der Waals surface area contributed by atoms with E-state index in [1.54, 1.807) is 28.3 Å². The average molecular weight is 547 g/mol. The maximum atomic E-state index is 13.9. The van der Waals surface area contributed by atoms with Crippen LogP contribution in [-0.4, -0.2) is 47.0 Å². The molecule has 0 aliphatic carbocycles. The van der Waals surface area contributed by atoms with E-state index in [2.05, 4.69) is 4.90 Å². The Bertz CT molecular complexity index is 1500. The van der Waals surface area contributed by atoms with Crippen molar-refractivity contribution < 1.29 is 14.1 Å². The quantitative estimate of drug-likeness (QED) is 0.467. The third-order valence-corrected chi connectivity index (χ3v) is 10.2. The summed E-state index contributed by atoms with van der Waals surface area (Å²) in [4.78, 5) is 36.3. The number of aromatic nitrogens is 2. The molecule has 0 bridgehead atoms. The van der Waals surface area contributed by atoms with Gasteiger partial charge in [0.15, 0.2) is 0 Å². The lowest BCUT2D eigenvalue weighted by Crippen LogP contribution is -2.34. The van der Waals surface area contributed by atoms with Gasteiger partial charge in [-0.2, -0.15) is 0 Å². The molecule has 2 fully saturated rings. The van der Waals surface area contributed by atoms with E-state index in [9.17, 15) is 9.59 Å². The SMILES string of the molecule is CCn1c(=C2SC(=Nc3scc[n+]3C)N(c3ccc(OC)cc3)C2=O)sc(=C2SCCN2C)c1=O. The molecule has 5 rings (SSSR count). The molecule has 12 heteroatoms. The predicted octanol–water partition coefficient (Wildman–Crippen LogP) is 2.14. The number of aryl methyl sites for hydroxylation is 1. The first kappa shape index (κ1) is 24.2. The average Bonchev–Trinajstić information content (AvgIpc) is 3.61. The fourth-order valence-electron chi connectivity index (χ4n) is 3.78. The number of carbonyl (C=O) groups is 1. The molecular weight excluding hydrogens is 523 g/mol. The van der Waals surface area contributed by atoms with Gasteiger partial charge in [0.2, 0.25) is 0 Å². The van der Waals surface area contributed by atoms with Gasteiger partial charge in [0.25, 0.3) is 16.6 Å². The molecule has 0 spiro atoms. The third kappa shape index (κ3) is 4.32. The highest BCUT2D eigenvalue weighted by atomic mass is 32.2. The zero-order valence-electron chi connectivity index (χ0n) is 19.7. The Morgan fingerprint density at radius 2 is 1.97 bits per heavy atom. The van der Waals surface area contributed by atoms with Crippen molar-refractivity contribution in [1.82, 2.24) is 9.47 Å². The van der Waals surface area contributed by atoms with E-state index >= 15 is 0 Å². The second-order valence-corrected chi connectivity index (χ2v) is 11.8. The Kier molecular flexibility index (Phi) is 6.80. The van der Waals surface area contributed by atoms with Crippen LogP contribution in [0.25, 0.3) is 9.93 Å². The summed E-state index contributed by atoms with van der Waals surface area (Å²) in [6.07, 6.45) is 1.93. The van der Waals surface area contributed by atoms with Crippen molar-refractivity contribution in [1.29, 1.82) is 0 Å². The molecule has 0 saturated carbocycles. The number of hydrogen-bond acceptors (Lipinski definition) is 9. The van der Waals surface area contributed by atoms with Crippen LogP contribution in [0, 0.1) is 0 Å². The molecule has 2 saturated heterocycles. The van der Waals surface area contributed by atoms with Crippen LogP contribution in [0.15, 0.2) is 45.6 Å². The van der Waals surface area contributed by atoms with Crippen LogP contribution in [0.1, 0.15) is 6.92 Å². The number of nitrogens with zero attached hydrogens (tertiary/aromatic N) is 5. The van der Waals surface area contributed by atoms with Gasteiger partial charge in [0, 0.05) is 31.3 Å². The molecule has 182 valence electrons. The predicted molar refractivity (Wildman–Crippen MR) is 146 cm³/mol. The zero-order chi connectivity index (χ0) is 24.7. The molecule has 0 unspecified atom stereocenters. The van der Waals surface area contributed by atoms with Crippen LogP contribution in [-0.2, 0) is 18.4 Å². The number of amidine groups is 1. The molecule has 0 radical (unpaired) electrons. The summed E-state index contributed by atoms with van der Waals surface area (Å²) in [7, 11) is 5.54. The summed E-state index contributed by atoms with van der Waals surface area (Å²) < 4.78 is 10.3. The standard InChI is InChI=1S/C23H24N5O3S4/c1-5-27-18(29)16(20-25(2)10-12-32-20)34-21(27)17-19(30)28(14-6-8-15(31-4)9-7-14)23(35-17)24-22-26(3)11-13-33-22/h6-9,11,13H,5,10,12H2,1-4H3/q+1. The van der Waals surface area contributed by atoms with E-state index in [-0.39, 0.29) is 11.5 Å². The molecule has 3 aromatic rings. The van der Waals surface area contributed by atoms with Gasteiger partial charge in [-0.15, -0.1) is 23.1 Å². The van der Waals surface area contributed by atoms with Gasteiger partial charge in [-0.1, -0.05) is 11.3 Å². The normalized spacial score (nSPS) is 20.5. The minimum atomic E-state index is -0.189. The Hall–Kier alpha value is -2.54. The lowest BCUT2D eigenvalue weighted by molar-refractivity contribution is -0.653. The highest BCUT2D eigenvalue weighted by Crippen LogP contribution is 2.37. The minimum absolute atomic E-state index is 0.0457. The summed E-state index contributed by atoms with van der Waals surface area (Å²) in [5.74, 6) is 1.47. The highest BCUT2D eigenvalue weighted by molar-refractivity contribution is 8.23. The number of thiazole rings is 2. The molecule has 2 aliphatic heterocycles. The second kappa shape index (κ2) is 9.84. The number of ether oxygens (including phenoxy) is 1. The van der Waals surface area contributed by atoms with Crippen molar-refractivity contribution >= 4 is 78.0 Å². The maximum absolute atomic E-state index is 13.9. The molecule has 0 atom stereocenters. The van der Waals surface area contributed by atoms with Gasteiger partial charge in [-0.3, -0.25) is 14.2 Å². The zero-order valence-corrected chi connectivity index (χ0v) is 22.9. The van der Waals surface area contributed by atoms with Crippen LogP contribution >= 0.6 is 46.2 Å². The van der Waals surface area contributed by atoms with Crippen LogP contribution in [0.2, 0.25) is 0 Å². The number of amides is 1. The largest absolute Gasteiger partial charge is 0.497 e. The summed E-state index contributed by atoms with van der Waals surface area (Å²) in [5, 5.41) is 4.27. The Morgan fingerprint density at radius 3 is 2.57 bits per heavy atom. The van der Waals surface area contributed by atoms with Gasteiger partial charge >= 0.3 is 5.13 Å². The van der Waals surface area contributed by atoms with Gasteiger partial charge in [-0.25, -0.2) is 9.47 Å². The molecule has 35 heavy (non-hydrogen) atoms. The van der Waals surface area contributed by atoms with Crippen LogP contribution < -0.4 is 29.0 Å². The molecule has 2 aromatic heterocycles. The number of thioether (sulfide) groups is 2. The third-order valence-electron chi connectivity index (χ3n) is 5.66. The van der Waals surface area contributed by atoms with E-state index in [4.69, 9.17) is 9.73 Å². The smallest absolute Gasteiger partial charge is 0.384 e. The lowest BCUT2D eigenvalue weighted by Gasteiger charge is -2.13. The number of hydrogen-bond donors (Lipinski definition) is 0. The number of anilines is 1. The van der Waals surface area contributed by atoms with Crippen molar-refractivity contribution in [3.63, 3.8) is 0 Å². The van der Waals surface area contributed by atoms with E-state index < -0.39 is 0 Å². The summed E-state index contributed by atoms with van der Waals surface area (Å²) in [5.41, 5.74) is 0.648. The van der Waals surface area contributed by atoms with E-state index in [0.717, 1.165) is 22.5 Å². The first-order valence-corrected chi connectivity index (χ1v) is 14.4. The first-order chi connectivity index (χ1) is 16.9. The molecule has 4 heterocycles. The molecular formula is C23H24N5O3S4+. The van der Waals surface area contributed by atoms with Gasteiger partial charge in [-0.05, 0) is 47.9 Å². The van der Waals surface area contributed by atoms with Crippen molar-refractivity contribution in [2.24, 2.45) is 12.0 Å². The van der Waals surface area contributed by atoms with Gasteiger partial charge in [0.05, 0.1) is 24.9 Å². The maximum Gasteiger partial charge on any atom is 0.384 e.